The molecule has 0 aliphatic carbocycles. The fraction of sp³-hybridized carbons (Fsp3) is 0.111. The van der Waals surface area contributed by atoms with Crippen LogP contribution in [0.5, 0.6) is 0 Å². The number of nitrogens with zero attached hydrogens (tertiary/aromatic N) is 1. The molecule has 0 aliphatic heterocycles. The number of benzene rings is 2. The first kappa shape index (κ1) is 13.5. The summed E-state index contributed by atoms with van der Waals surface area (Å²) in [5, 5.41) is 14.5. The normalized spacial score (nSPS) is 13.0. The number of ether oxygens (including phenoxy) is 1. The highest BCUT2D eigenvalue weighted by Crippen LogP contribution is 2.36. The number of methoxy groups -OCH3 is 1. The van der Waals surface area contributed by atoms with Crippen molar-refractivity contribution in [1.82, 2.24) is 4.57 Å². The first-order valence-corrected chi connectivity index (χ1v) is 7.96. The lowest BCUT2D eigenvalue weighted by Crippen LogP contribution is -2.02. The van der Waals surface area contributed by atoms with Crippen molar-refractivity contribution in [3.05, 3.63) is 64.9 Å². The highest BCUT2D eigenvalue weighted by atomic mass is 32.1. The van der Waals surface area contributed by atoms with Crippen molar-refractivity contribution in [3.63, 3.8) is 0 Å². The molecule has 0 radical (unpaired) electrons. The van der Waals surface area contributed by atoms with Crippen LogP contribution in [0.4, 0.5) is 0 Å². The van der Waals surface area contributed by atoms with Crippen molar-refractivity contribution in [2.75, 3.05) is 7.11 Å². The lowest BCUT2D eigenvalue weighted by atomic mass is 10.2. The Morgan fingerprint density at radius 2 is 1.55 bits per heavy atom. The van der Waals surface area contributed by atoms with E-state index in [0.717, 1.165) is 21.6 Å². The quantitative estimate of drug-likeness (QED) is 0.566. The minimum Gasteiger partial charge on any atom is -0.364 e. The average Bonchev–Trinajstić information content (AvgIpc) is 3.16. The van der Waals surface area contributed by atoms with Crippen LogP contribution in [0.2, 0.25) is 0 Å². The molecule has 4 heteroatoms. The van der Waals surface area contributed by atoms with Crippen molar-refractivity contribution in [3.8, 4) is 5.69 Å². The molecule has 0 bridgehead atoms. The van der Waals surface area contributed by atoms with E-state index in [2.05, 4.69) is 41.0 Å². The third kappa shape index (κ3) is 1.89. The Bertz CT molecular complexity index is 901. The van der Waals surface area contributed by atoms with Gasteiger partial charge in [-0.2, -0.15) is 0 Å². The average molecular weight is 309 g/mol. The maximum atomic E-state index is 10.1. The minimum atomic E-state index is -0.907. The van der Waals surface area contributed by atoms with Crippen molar-refractivity contribution in [2.45, 2.75) is 6.29 Å². The van der Waals surface area contributed by atoms with Crippen LogP contribution in [0.15, 0.2) is 60.0 Å². The predicted molar refractivity (Wildman–Crippen MR) is 90.6 cm³/mol. The Balaban J connectivity index is 2.12. The molecule has 1 unspecified atom stereocenters. The number of hydrogen-bond donors (Lipinski definition) is 1. The number of hydrogen-bond acceptors (Lipinski definition) is 3. The molecule has 1 atom stereocenters. The van der Waals surface area contributed by atoms with Gasteiger partial charge in [-0.15, -0.1) is 11.3 Å². The highest BCUT2D eigenvalue weighted by molar-refractivity contribution is 7.10. The van der Waals surface area contributed by atoms with Gasteiger partial charge >= 0.3 is 0 Å². The molecule has 2 aromatic carbocycles. The number of fused-ring (bicyclic) bond motifs is 3. The number of rotatable bonds is 3. The van der Waals surface area contributed by atoms with E-state index >= 15 is 0 Å². The van der Waals surface area contributed by atoms with Crippen LogP contribution in [-0.2, 0) is 4.74 Å². The molecule has 2 heterocycles. The highest BCUT2D eigenvalue weighted by Gasteiger charge is 2.18. The second-order valence-corrected chi connectivity index (χ2v) is 6.08. The zero-order valence-corrected chi connectivity index (χ0v) is 12.9. The van der Waals surface area contributed by atoms with Crippen LogP contribution in [-0.4, -0.2) is 16.8 Å². The first-order valence-electron chi connectivity index (χ1n) is 7.08. The molecule has 0 fully saturated rings. The van der Waals surface area contributed by atoms with E-state index in [1.807, 2.05) is 23.6 Å². The van der Waals surface area contributed by atoms with E-state index in [9.17, 15) is 5.11 Å². The lowest BCUT2D eigenvalue weighted by Gasteiger charge is -2.12. The van der Waals surface area contributed by atoms with Crippen molar-refractivity contribution in [1.29, 1.82) is 0 Å². The smallest absolute Gasteiger partial charge is 0.192 e. The van der Waals surface area contributed by atoms with Crippen LogP contribution in [0.3, 0.4) is 0 Å². The van der Waals surface area contributed by atoms with Gasteiger partial charge in [0.1, 0.15) is 0 Å². The zero-order chi connectivity index (χ0) is 15.1. The van der Waals surface area contributed by atoms with Gasteiger partial charge in [0.2, 0.25) is 0 Å². The summed E-state index contributed by atoms with van der Waals surface area (Å²) in [6.07, 6.45) is -0.907. The predicted octanol–water partition coefficient (Wildman–Crippen LogP) is 4.48. The Hall–Kier alpha value is -2.14. The summed E-state index contributed by atoms with van der Waals surface area (Å²) in [7, 11) is 1.51. The molecule has 0 spiro atoms. The van der Waals surface area contributed by atoms with Crippen LogP contribution in [0, 0.1) is 0 Å². The number of aliphatic hydroxyl groups is 1. The summed E-state index contributed by atoms with van der Waals surface area (Å²) in [4.78, 5) is 0.814. The van der Waals surface area contributed by atoms with Gasteiger partial charge in [-0.1, -0.05) is 36.4 Å². The number of aromatic nitrogens is 1. The third-order valence-corrected chi connectivity index (χ3v) is 4.88. The topological polar surface area (TPSA) is 34.4 Å². The number of thiophene rings is 1. The third-order valence-electron chi connectivity index (χ3n) is 3.94. The summed E-state index contributed by atoms with van der Waals surface area (Å²) in [6.45, 7) is 0. The second kappa shape index (κ2) is 5.25. The molecule has 2 aromatic heterocycles. The summed E-state index contributed by atoms with van der Waals surface area (Å²) in [5.74, 6) is 0. The maximum absolute atomic E-state index is 10.1. The van der Waals surface area contributed by atoms with Crippen LogP contribution in [0.25, 0.3) is 27.5 Å². The lowest BCUT2D eigenvalue weighted by molar-refractivity contribution is -0.0742. The monoisotopic (exact) mass is 309 g/mol. The van der Waals surface area contributed by atoms with Gasteiger partial charge in [0, 0.05) is 17.9 Å². The van der Waals surface area contributed by atoms with E-state index in [1.54, 1.807) is 0 Å². The molecule has 0 amide bonds. The summed E-state index contributed by atoms with van der Waals surface area (Å²) in [5.41, 5.74) is 3.23. The second-order valence-electron chi connectivity index (χ2n) is 5.13. The molecule has 3 nitrogen and oxygen atoms in total. The molecule has 4 rings (SSSR count). The van der Waals surface area contributed by atoms with Gasteiger partial charge in [-0.05, 0) is 23.6 Å². The Labute approximate surface area is 132 Å². The molecule has 0 saturated heterocycles. The van der Waals surface area contributed by atoms with Gasteiger partial charge in [0.25, 0.3) is 0 Å². The van der Waals surface area contributed by atoms with Crippen LogP contribution < -0.4 is 0 Å². The SMILES string of the molecule is COC(O)c1sccc1-n1c2ccccc2c2ccccc21. The summed E-state index contributed by atoms with van der Waals surface area (Å²) >= 11 is 1.50. The molecule has 110 valence electrons. The summed E-state index contributed by atoms with van der Waals surface area (Å²) < 4.78 is 7.30. The molecular formula is C18H15NO2S. The van der Waals surface area contributed by atoms with E-state index in [0.29, 0.717) is 0 Å². The van der Waals surface area contributed by atoms with Crippen molar-refractivity contribution >= 4 is 33.1 Å². The Morgan fingerprint density at radius 3 is 2.14 bits per heavy atom. The minimum absolute atomic E-state index is 0.814. The Kier molecular flexibility index (Phi) is 3.22. The van der Waals surface area contributed by atoms with Gasteiger partial charge in [-0.3, -0.25) is 0 Å². The van der Waals surface area contributed by atoms with E-state index in [1.165, 1.54) is 29.2 Å². The molecule has 22 heavy (non-hydrogen) atoms. The van der Waals surface area contributed by atoms with Gasteiger partial charge in [0.05, 0.1) is 21.6 Å². The van der Waals surface area contributed by atoms with E-state index in [4.69, 9.17) is 4.74 Å². The fourth-order valence-corrected chi connectivity index (χ4v) is 3.81. The van der Waals surface area contributed by atoms with Crippen LogP contribution in [0.1, 0.15) is 11.2 Å². The van der Waals surface area contributed by atoms with Gasteiger partial charge in [-0.25, -0.2) is 0 Å². The molecule has 1 N–H and O–H groups in total. The van der Waals surface area contributed by atoms with Gasteiger partial charge < -0.3 is 14.4 Å². The van der Waals surface area contributed by atoms with Gasteiger partial charge in [0.15, 0.2) is 6.29 Å². The zero-order valence-electron chi connectivity index (χ0n) is 12.1. The van der Waals surface area contributed by atoms with E-state index < -0.39 is 6.29 Å². The molecule has 0 aliphatic rings. The largest absolute Gasteiger partial charge is 0.364 e. The number of para-hydroxylation sites is 2. The first-order chi connectivity index (χ1) is 10.8. The summed E-state index contributed by atoms with van der Waals surface area (Å²) in [6, 6.07) is 18.7. The van der Waals surface area contributed by atoms with E-state index in [-0.39, 0.29) is 0 Å². The van der Waals surface area contributed by atoms with Crippen LogP contribution >= 0.6 is 11.3 Å². The molecule has 0 saturated carbocycles. The standard InChI is InChI=1S/C18H15NO2S/c1-21-18(20)17-16(10-11-22-17)19-14-8-4-2-6-12(14)13-7-3-5-9-15(13)19/h2-11,18,20H,1H3. The number of aliphatic hydroxyl groups excluding tert-OH is 1. The fourth-order valence-electron chi connectivity index (χ4n) is 2.97. The Morgan fingerprint density at radius 1 is 0.955 bits per heavy atom. The van der Waals surface area contributed by atoms with Crippen molar-refractivity contribution in [2.24, 2.45) is 0 Å². The molecular weight excluding hydrogens is 294 g/mol. The maximum Gasteiger partial charge on any atom is 0.192 e. The molecule has 4 aromatic rings. The van der Waals surface area contributed by atoms with Crippen molar-refractivity contribution < 1.29 is 9.84 Å².